The van der Waals surface area contributed by atoms with Gasteiger partial charge in [0.2, 0.25) is 11.9 Å². The van der Waals surface area contributed by atoms with E-state index in [-0.39, 0.29) is 24.2 Å². The Morgan fingerprint density at radius 3 is 2.35 bits per heavy atom. The first-order valence-electron chi connectivity index (χ1n) is 11.7. The van der Waals surface area contributed by atoms with Crippen LogP contribution in [0.3, 0.4) is 0 Å². The molecule has 0 spiro atoms. The van der Waals surface area contributed by atoms with Crippen molar-refractivity contribution in [2.75, 3.05) is 4.90 Å². The summed E-state index contributed by atoms with van der Waals surface area (Å²) in [5.74, 6) is -1.68. The van der Waals surface area contributed by atoms with Crippen LogP contribution in [-0.4, -0.2) is 54.4 Å². The summed E-state index contributed by atoms with van der Waals surface area (Å²) in [6, 6.07) is 10.8. The number of nitrogens with zero attached hydrogens (tertiary/aromatic N) is 4. The number of hydrogen-bond donors (Lipinski definition) is 3. The fourth-order valence-corrected chi connectivity index (χ4v) is 3.75. The zero-order valence-electron chi connectivity index (χ0n) is 20.7. The van der Waals surface area contributed by atoms with Crippen molar-refractivity contribution in [1.82, 2.24) is 15.0 Å². The van der Waals surface area contributed by atoms with Gasteiger partial charge in [-0.25, -0.2) is 24.2 Å². The lowest BCUT2D eigenvalue weighted by Gasteiger charge is -2.22. The van der Waals surface area contributed by atoms with Crippen molar-refractivity contribution >= 4 is 29.7 Å². The molecule has 37 heavy (non-hydrogen) atoms. The van der Waals surface area contributed by atoms with Crippen LogP contribution in [0.4, 0.5) is 16.2 Å². The summed E-state index contributed by atoms with van der Waals surface area (Å²) in [6.07, 6.45) is 1.53. The molecule has 1 amide bonds. The van der Waals surface area contributed by atoms with Crippen LogP contribution in [0.25, 0.3) is 17.3 Å². The molecule has 194 valence electrons. The number of carbonyl (C=O) groups excluding carboxylic acids is 1. The fraction of sp³-hybridized carbons (Fsp3) is 0.296. The quantitative estimate of drug-likeness (QED) is 0.373. The van der Waals surface area contributed by atoms with Crippen LogP contribution in [0.15, 0.2) is 54.7 Å². The lowest BCUT2D eigenvalue weighted by atomic mass is 9.97. The Morgan fingerprint density at radius 2 is 1.78 bits per heavy atom. The van der Waals surface area contributed by atoms with Gasteiger partial charge in [0.15, 0.2) is 0 Å². The van der Waals surface area contributed by atoms with E-state index >= 15 is 0 Å². The Balaban J connectivity index is 2.16. The van der Waals surface area contributed by atoms with Crippen LogP contribution in [-0.2, 0) is 9.59 Å². The van der Waals surface area contributed by atoms with Gasteiger partial charge < -0.3 is 15.3 Å². The van der Waals surface area contributed by atoms with Crippen molar-refractivity contribution in [2.24, 2.45) is 0 Å². The average Bonchev–Trinajstić information content (AvgIpc) is 2.83. The molecule has 0 bridgehead atoms. The van der Waals surface area contributed by atoms with Gasteiger partial charge in [0.05, 0.1) is 30.0 Å². The number of aliphatic hydroxyl groups is 2. The standard InChI is InChI=1S/C27H29FN4O5/c1-16(2)25-22(12-11-20(34)14-21(35)15-24(36)37)26(18-7-9-19(28)10-8-18)31-27(30-25)32(17(3)33)23-6-4-5-13-29-23/h4-13,16,20-21,34-35H,14-15H2,1-3H3,(H,36,37)/b12-11+/t20-,21-/m1/s1. The molecule has 9 nitrogen and oxygen atoms in total. The normalized spacial score (nSPS) is 13.1. The number of carboxylic acids is 1. The number of amides is 1. The van der Waals surface area contributed by atoms with Crippen molar-refractivity contribution < 1.29 is 29.3 Å². The van der Waals surface area contributed by atoms with E-state index in [2.05, 4.69) is 15.0 Å². The van der Waals surface area contributed by atoms with Gasteiger partial charge in [0, 0.05) is 30.7 Å². The van der Waals surface area contributed by atoms with Crippen molar-refractivity contribution in [3.05, 3.63) is 71.8 Å². The number of halogens is 1. The van der Waals surface area contributed by atoms with Gasteiger partial charge in [0.1, 0.15) is 11.6 Å². The highest BCUT2D eigenvalue weighted by Crippen LogP contribution is 2.33. The maximum atomic E-state index is 13.7. The number of rotatable bonds is 10. The third kappa shape index (κ3) is 7.25. The Hall–Kier alpha value is -4.02. The van der Waals surface area contributed by atoms with E-state index in [1.807, 2.05) is 13.8 Å². The molecule has 0 radical (unpaired) electrons. The smallest absolute Gasteiger partial charge is 0.305 e. The van der Waals surface area contributed by atoms with E-state index in [0.29, 0.717) is 28.3 Å². The summed E-state index contributed by atoms with van der Waals surface area (Å²) in [6.45, 7) is 5.19. The van der Waals surface area contributed by atoms with E-state index in [1.54, 1.807) is 42.6 Å². The summed E-state index contributed by atoms with van der Waals surface area (Å²) < 4.78 is 13.7. The highest BCUT2D eigenvalue weighted by Gasteiger charge is 2.24. The molecule has 3 rings (SSSR count). The molecule has 0 aliphatic carbocycles. The molecule has 2 atom stereocenters. The maximum Gasteiger partial charge on any atom is 0.305 e. The lowest BCUT2D eigenvalue weighted by molar-refractivity contribution is -0.139. The van der Waals surface area contributed by atoms with E-state index < -0.39 is 30.4 Å². The minimum Gasteiger partial charge on any atom is -0.481 e. The number of aliphatic carboxylic acids is 1. The highest BCUT2D eigenvalue weighted by molar-refractivity contribution is 5.96. The summed E-state index contributed by atoms with van der Waals surface area (Å²) in [4.78, 5) is 38.3. The van der Waals surface area contributed by atoms with Gasteiger partial charge >= 0.3 is 5.97 Å². The Kier molecular flexibility index (Phi) is 9.15. The second-order valence-electron chi connectivity index (χ2n) is 8.79. The zero-order chi connectivity index (χ0) is 27.1. The van der Waals surface area contributed by atoms with Gasteiger partial charge in [-0.1, -0.05) is 32.1 Å². The van der Waals surface area contributed by atoms with Crippen LogP contribution in [0.1, 0.15) is 50.8 Å². The largest absolute Gasteiger partial charge is 0.481 e. The molecule has 3 aromatic rings. The van der Waals surface area contributed by atoms with Crippen molar-refractivity contribution in [3.8, 4) is 11.3 Å². The third-order valence-electron chi connectivity index (χ3n) is 5.43. The molecule has 1 aromatic carbocycles. The summed E-state index contributed by atoms with van der Waals surface area (Å²) in [7, 11) is 0. The molecule has 2 aromatic heterocycles. The number of benzene rings is 1. The number of pyridine rings is 1. The summed E-state index contributed by atoms with van der Waals surface area (Å²) in [5, 5.41) is 29.1. The second-order valence-corrected chi connectivity index (χ2v) is 8.79. The van der Waals surface area contributed by atoms with Crippen LogP contribution in [0.2, 0.25) is 0 Å². The van der Waals surface area contributed by atoms with Crippen LogP contribution in [0.5, 0.6) is 0 Å². The Labute approximate surface area is 214 Å². The molecule has 0 aliphatic heterocycles. The van der Waals surface area contributed by atoms with Crippen molar-refractivity contribution in [3.63, 3.8) is 0 Å². The van der Waals surface area contributed by atoms with Crippen LogP contribution < -0.4 is 4.90 Å². The van der Waals surface area contributed by atoms with Crippen molar-refractivity contribution in [1.29, 1.82) is 0 Å². The number of carboxylic acid groups (broad SMARTS) is 1. The number of hydrogen-bond acceptors (Lipinski definition) is 7. The molecule has 0 saturated carbocycles. The van der Waals surface area contributed by atoms with Gasteiger partial charge in [-0.15, -0.1) is 0 Å². The fourth-order valence-electron chi connectivity index (χ4n) is 3.75. The first-order valence-corrected chi connectivity index (χ1v) is 11.7. The lowest BCUT2D eigenvalue weighted by Crippen LogP contribution is -2.26. The van der Waals surface area contributed by atoms with E-state index in [4.69, 9.17) is 5.11 Å². The molecule has 0 fully saturated rings. The first-order chi connectivity index (χ1) is 17.6. The molecular formula is C27H29FN4O5. The predicted molar refractivity (Wildman–Crippen MR) is 136 cm³/mol. The predicted octanol–water partition coefficient (Wildman–Crippen LogP) is 4.09. The molecule has 0 aliphatic rings. The summed E-state index contributed by atoms with van der Waals surface area (Å²) >= 11 is 0. The van der Waals surface area contributed by atoms with Crippen LogP contribution in [0, 0.1) is 5.82 Å². The van der Waals surface area contributed by atoms with Gasteiger partial charge in [-0.3, -0.25) is 9.59 Å². The average molecular weight is 509 g/mol. The van der Waals surface area contributed by atoms with Gasteiger partial charge in [0.25, 0.3) is 0 Å². The molecule has 3 N–H and O–H groups in total. The molecule has 10 heteroatoms. The minimum absolute atomic E-state index is 0.0869. The first kappa shape index (κ1) is 27.6. The third-order valence-corrected chi connectivity index (χ3v) is 5.43. The monoisotopic (exact) mass is 508 g/mol. The molecule has 0 saturated heterocycles. The highest BCUT2D eigenvalue weighted by atomic mass is 19.1. The van der Waals surface area contributed by atoms with Gasteiger partial charge in [-0.2, -0.15) is 0 Å². The Morgan fingerprint density at radius 1 is 1.08 bits per heavy atom. The molecule has 0 unspecified atom stereocenters. The zero-order valence-corrected chi connectivity index (χ0v) is 20.7. The van der Waals surface area contributed by atoms with E-state index in [0.717, 1.165) is 0 Å². The van der Waals surface area contributed by atoms with Crippen molar-refractivity contribution in [2.45, 2.75) is 51.7 Å². The number of anilines is 2. The molecule has 2 heterocycles. The second kappa shape index (κ2) is 12.3. The maximum absolute atomic E-state index is 13.7. The number of carbonyl (C=O) groups is 2. The SMILES string of the molecule is CC(=O)N(c1ccccn1)c1nc(-c2ccc(F)cc2)c(/C=C/[C@@H](O)C[C@@H](O)CC(=O)O)c(C(C)C)n1. The van der Waals surface area contributed by atoms with E-state index in [1.165, 1.54) is 30.0 Å². The molecular weight excluding hydrogens is 479 g/mol. The minimum atomic E-state index is -1.22. The Bertz CT molecular complexity index is 1270. The summed E-state index contributed by atoms with van der Waals surface area (Å²) in [5.41, 5.74) is 2.03. The number of aromatic nitrogens is 3. The van der Waals surface area contributed by atoms with E-state index in [9.17, 15) is 24.2 Å². The van der Waals surface area contributed by atoms with Crippen LogP contribution >= 0.6 is 0 Å². The van der Waals surface area contributed by atoms with Gasteiger partial charge in [-0.05, 0) is 42.3 Å². The number of aliphatic hydroxyl groups excluding tert-OH is 2. The topological polar surface area (TPSA) is 137 Å².